The third-order valence-corrected chi connectivity index (χ3v) is 19.9. The van der Waals surface area contributed by atoms with Crippen LogP contribution >= 0.6 is 11.8 Å². The molecule has 19 rings (SSSR count). The second-order valence-electron chi connectivity index (χ2n) is 22.2. The zero-order valence-electron chi connectivity index (χ0n) is 46.6. The molecule has 0 N–H and O–H groups in total. The molecule has 0 spiro atoms. The molecule has 0 saturated carbocycles. The Morgan fingerprint density at radius 3 is 1.60 bits per heavy atom. The van der Waals surface area contributed by atoms with Crippen LogP contribution in [0.2, 0.25) is 0 Å². The second-order valence-corrected chi connectivity index (χ2v) is 24.9. The van der Waals surface area contributed by atoms with Gasteiger partial charge in [-0.05, 0) is 158 Å². The molecule has 0 radical (unpaired) electrons. The SMILES string of the molecule is N#Cc1ccc(S(=O)c2ccc(-n3c4c(c5c3ccc3c6ccccc6n(-c6ccccc6)c35)C=C3N=c5ccccc5=C34)cc2)cc1.N#Cc1ccc(Sc2ccc(-n3c4c5c6ccccc6nc-5cc4c4cc5nc6ccccc6c-5c43)cc2)cc1. The summed E-state index contributed by atoms with van der Waals surface area (Å²) in [5.74, 6) is 0. The Morgan fingerprint density at radius 1 is 0.432 bits per heavy atom. The van der Waals surface area contributed by atoms with Crippen LogP contribution in [0.1, 0.15) is 22.4 Å². The average molecular weight is 1160 g/mol. The molecular formula is C77H42N8OS2. The van der Waals surface area contributed by atoms with E-state index in [-0.39, 0.29) is 0 Å². The minimum absolute atomic E-state index is 0.547. The summed E-state index contributed by atoms with van der Waals surface area (Å²) in [6, 6.07) is 89.1. The second kappa shape index (κ2) is 19.3. The fraction of sp³-hybridized carbons (Fsp3) is 0. The van der Waals surface area contributed by atoms with E-state index in [2.05, 4.69) is 214 Å². The molecular weight excluding hydrogens is 1120 g/mol. The zero-order valence-corrected chi connectivity index (χ0v) is 48.2. The number of rotatable bonds is 7. The first-order chi connectivity index (χ1) is 43.5. The Morgan fingerprint density at radius 2 is 0.955 bits per heavy atom. The smallest absolute Gasteiger partial charge is 0.0991 e. The van der Waals surface area contributed by atoms with Gasteiger partial charge >= 0.3 is 0 Å². The minimum Gasteiger partial charge on any atom is -0.309 e. The lowest BCUT2D eigenvalue weighted by Gasteiger charge is -2.13. The van der Waals surface area contributed by atoms with E-state index < -0.39 is 10.8 Å². The van der Waals surface area contributed by atoms with E-state index >= 15 is 0 Å². The Labute approximate surface area is 509 Å². The van der Waals surface area contributed by atoms with Crippen LogP contribution in [0.15, 0.2) is 279 Å². The molecule has 9 nitrogen and oxygen atoms in total. The molecule has 3 aliphatic carbocycles. The summed E-state index contributed by atoms with van der Waals surface area (Å²) in [6.07, 6.45) is 2.25. The van der Waals surface area contributed by atoms with Crippen LogP contribution in [-0.2, 0) is 10.8 Å². The maximum absolute atomic E-state index is 13.5. The van der Waals surface area contributed by atoms with Crippen LogP contribution in [0.5, 0.6) is 0 Å². The van der Waals surface area contributed by atoms with Crippen molar-refractivity contribution in [1.82, 2.24) is 23.7 Å². The Bertz CT molecular complexity index is 5850. The van der Waals surface area contributed by atoms with E-state index in [0.717, 1.165) is 93.4 Å². The van der Waals surface area contributed by atoms with Gasteiger partial charge in [0, 0.05) is 102 Å². The fourth-order valence-electron chi connectivity index (χ4n) is 13.7. The lowest BCUT2D eigenvalue weighted by atomic mass is 10.1. The predicted octanol–water partition coefficient (Wildman–Crippen LogP) is 16.9. The maximum Gasteiger partial charge on any atom is 0.0991 e. The van der Waals surface area contributed by atoms with Crippen molar-refractivity contribution in [3.63, 3.8) is 0 Å². The summed E-state index contributed by atoms with van der Waals surface area (Å²) in [4.78, 5) is 18.7. The van der Waals surface area contributed by atoms with Gasteiger partial charge in [0.25, 0.3) is 0 Å². The van der Waals surface area contributed by atoms with Gasteiger partial charge in [0.2, 0.25) is 0 Å². The van der Waals surface area contributed by atoms with Gasteiger partial charge in [-0.1, -0.05) is 109 Å². The van der Waals surface area contributed by atoms with Gasteiger partial charge in [-0.25, -0.2) is 19.2 Å². The standard InChI is InChI=1S/C42H24N4OS.C35H18N4S/c43-25-26-14-18-29(19-15-26)48(47)30-20-16-28(17-21-30)46-38-23-22-32-31-10-5-7-13-37(31)45(27-8-2-1-3-9-27)41(32)40(38)34-24-36-39(42(34)46)33-11-4-6-12-35(33)44-36;36-19-20-9-13-22(14-10-20)40-23-15-11-21(12-16-23)39-34-26(17-30-32(34)24-5-1-3-7-28(24)37-30)27-18-31-33(35(27)39)25-6-2-4-8-29(25)38-31/h1-24H;1-18H. The van der Waals surface area contributed by atoms with Gasteiger partial charge in [0.1, 0.15) is 0 Å². The van der Waals surface area contributed by atoms with E-state index in [1.165, 1.54) is 65.4 Å². The first-order valence-electron chi connectivity index (χ1n) is 28.9. The number of nitriles is 2. The summed E-state index contributed by atoms with van der Waals surface area (Å²) in [5, 5.41) is 28.8. The number of nitrogens with zero attached hydrogens (tertiary/aromatic N) is 8. The molecule has 13 aromatic rings. The number of benzene rings is 10. The molecule has 6 aliphatic rings. The van der Waals surface area contributed by atoms with E-state index in [1.54, 1.807) is 36.0 Å². The van der Waals surface area contributed by atoms with E-state index in [0.29, 0.717) is 20.9 Å². The van der Waals surface area contributed by atoms with Crippen molar-refractivity contribution in [3.05, 3.63) is 287 Å². The van der Waals surface area contributed by atoms with Crippen LogP contribution in [0.25, 0.3) is 128 Å². The number of hydrogen-bond acceptors (Lipinski definition) is 7. The molecule has 0 amide bonds. The zero-order chi connectivity index (χ0) is 58.3. The molecule has 3 aliphatic heterocycles. The van der Waals surface area contributed by atoms with Crippen LogP contribution in [0.3, 0.4) is 0 Å². The topological polar surface area (TPSA) is 118 Å². The highest BCUT2D eigenvalue weighted by Gasteiger charge is 2.34. The highest BCUT2D eigenvalue weighted by atomic mass is 32.2. The van der Waals surface area contributed by atoms with Gasteiger partial charge < -0.3 is 13.7 Å². The molecule has 0 bridgehead atoms. The summed E-state index contributed by atoms with van der Waals surface area (Å²) in [7, 11) is -1.38. The van der Waals surface area contributed by atoms with Crippen molar-refractivity contribution in [2.75, 3.05) is 0 Å². The summed E-state index contributed by atoms with van der Waals surface area (Å²) in [5.41, 5.74) is 21.2. The molecule has 6 heterocycles. The third kappa shape index (κ3) is 7.39. The quantitative estimate of drug-likeness (QED) is 0.157. The molecule has 88 heavy (non-hydrogen) atoms. The summed E-state index contributed by atoms with van der Waals surface area (Å²) >= 11 is 1.70. The van der Waals surface area contributed by atoms with Gasteiger partial charge in [-0.2, -0.15) is 10.5 Å². The fourth-order valence-corrected chi connectivity index (χ4v) is 15.6. The summed E-state index contributed by atoms with van der Waals surface area (Å²) < 4.78 is 20.7. The van der Waals surface area contributed by atoms with Crippen LogP contribution in [-0.4, -0.2) is 27.9 Å². The molecule has 11 heteroatoms. The Hall–Kier alpha value is -11.5. The Kier molecular flexibility index (Phi) is 10.9. The molecule has 408 valence electrons. The molecule has 0 saturated heterocycles. The lowest BCUT2D eigenvalue weighted by Crippen LogP contribution is -2.22. The molecule has 0 fully saturated rings. The Balaban J connectivity index is 0.000000134. The number of hydrogen-bond donors (Lipinski definition) is 0. The van der Waals surface area contributed by atoms with Gasteiger partial charge in [0.15, 0.2) is 0 Å². The van der Waals surface area contributed by atoms with Gasteiger partial charge in [-0.3, -0.25) is 0 Å². The van der Waals surface area contributed by atoms with E-state index in [9.17, 15) is 9.47 Å². The van der Waals surface area contributed by atoms with Crippen LogP contribution in [0.4, 0.5) is 0 Å². The van der Waals surface area contributed by atoms with Crippen molar-refractivity contribution in [2.24, 2.45) is 4.99 Å². The van der Waals surface area contributed by atoms with Gasteiger partial charge in [0.05, 0.1) is 101 Å². The highest BCUT2D eigenvalue weighted by molar-refractivity contribution is 7.99. The number of para-hydroxylation sites is 5. The van der Waals surface area contributed by atoms with E-state index in [4.69, 9.17) is 20.2 Å². The van der Waals surface area contributed by atoms with Crippen LogP contribution < -0.4 is 10.6 Å². The molecule has 3 aromatic heterocycles. The molecule has 1 atom stereocenters. The van der Waals surface area contributed by atoms with Crippen molar-refractivity contribution in [2.45, 2.75) is 19.6 Å². The number of fused-ring (bicyclic) bond motifs is 21. The minimum atomic E-state index is -1.38. The van der Waals surface area contributed by atoms with Crippen molar-refractivity contribution in [1.29, 1.82) is 10.5 Å². The normalized spacial score (nSPS) is 12.9. The van der Waals surface area contributed by atoms with Crippen molar-refractivity contribution >= 4 is 111 Å². The van der Waals surface area contributed by atoms with Crippen LogP contribution in [0, 0.1) is 22.7 Å². The predicted molar refractivity (Wildman–Crippen MR) is 353 cm³/mol. The van der Waals surface area contributed by atoms with Crippen molar-refractivity contribution in [3.8, 4) is 51.7 Å². The maximum atomic E-state index is 13.5. The van der Waals surface area contributed by atoms with Gasteiger partial charge in [-0.15, -0.1) is 0 Å². The summed E-state index contributed by atoms with van der Waals surface area (Å²) in [6.45, 7) is 0. The molecule has 10 aromatic carbocycles. The monoisotopic (exact) mass is 1160 g/mol. The number of allylic oxidation sites excluding steroid dienone is 1. The third-order valence-electron chi connectivity index (χ3n) is 17.5. The largest absolute Gasteiger partial charge is 0.309 e. The molecule has 1 unspecified atom stereocenters. The lowest BCUT2D eigenvalue weighted by molar-refractivity contribution is 0.683. The number of aromatic nitrogens is 5. The highest BCUT2D eigenvalue weighted by Crippen LogP contribution is 2.52. The first-order valence-corrected chi connectivity index (χ1v) is 30.9. The first kappa shape index (κ1) is 49.9. The van der Waals surface area contributed by atoms with Crippen molar-refractivity contribution < 1.29 is 4.21 Å². The van der Waals surface area contributed by atoms with E-state index in [1.807, 2.05) is 42.5 Å². The average Bonchev–Trinajstić information content (AvgIpc) is 1.55.